The first-order valence-electron chi connectivity index (χ1n) is 6.48. The third kappa shape index (κ3) is 4.55. The first-order chi connectivity index (χ1) is 10.1. The third-order valence-corrected chi connectivity index (χ3v) is 3.51. The zero-order valence-corrected chi connectivity index (χ0v) is 13.0. The molecule has 0 fully saturated rings. The van der Waals surface area contributed by atoms with Crippen LogP contribution in [0.3, 0.4) is 0 Å². The summed E-state index contributed by atoms with van der Waals surface area (Å²) in [5, 5.41) is 6.36. The smallest absolute Gasteiger partial charge is 0.283 e. The van der Waals surface area contributed by atoms with Gasteiger partial charge in [-0.2, -0.15) is 0 Å². The van der Waals surface area contributed by atoms with Crippen molar-refractivity contribution in [1.82, 2.24) is 5.32 Å². The first-order valence-corrected chi connectivity index (χ1v) is 7.27. The molecule has 0 heterocycles. The standard InChI is InChI=1S/C16H15ClN2OS/c1-11(12-5-3-2-4-6-12)18-16(21)15(20)19-14-9-7-13(17)8-10-14/h2-11H,1H3,(H,18,21)(H,19,20)/t11-/m0/s1. The Labute approximate surface area is 134 Å². The van der Waals surface area contributed by atoms with Crippen LogP contribution in [0, 0.1) is 0 Å². The average molecular weight is 319 g/mol. The summed E-state index contributed by atoms with van der Waals surface area (Å²) < 4.78 is 0. The molecule has 2 N–H and O–H groups in total. The molecular weight excluding hydrogens is 304 g/mol. The number of hydrogen-bond acceptors (Lipinski definition) is 2. The Kier molecular flexibility index (Phi) is 5.31. The highest BCUT2D eigenvalue weighted by Gasteiger charge is 2.13. The molecule has 1 atom stereocenters. The lowest BCUT2D eigenvalue weighted by molar-refractivity contribution is -0.110. The topological polar surface area (TPSA) is 41.1 Å². The van der Waals surface area contributed by atoms with Crippen LogP contribution in [0.2, 0.25) is 5.02 Å². The molecule has 3 nitrogen and oxygen atoms in total. The fourth-order valence-corrected chi connectivity index (χ4v) is 2.16. The molecule has 0 saturated carbocycles. The van der Waals surface area contributed by atoms with E-state index < -0.39 is 0 Å². The van der Waals surface area contributed by atoms with Crippen molar-refractivity contribution in [2.24, 2.45) is 0 Å². The molecule has 2 rings (SSSR count). The van der Waals surface area contributed by atoms with Gasteiger partial charge in [0.25, 0.3) is 5.91 Å². The Hall–Kier alpha value is -1.91. The predicted octanol–water partition coefficient (Wildman–Crippen LogP) is 3.96. The van der Waals surface area contributed by atoms with Crippen molar-refractivity contribution < 1.29 is 4.79 Å². The molecule has 0 aliphatic rings. The highest BCUT2D eigenvalue weighted by molar-refractivity contribution is 7.82. The lowest BCUT2D eigenvalue weighted by Gasteiger charge is -2.16. The van der Waals surface area contributed by atoms with Crippen molar-refractivity contribution in [3.63, 3.8) is 0 Å². The lowest BCUT2D eigenvalue weighted by Crippen LogP contribution is -2.35. The normalized spacial score (nSPS) is 11.5. The molecule has 0 spiro atoms. The number of thiocarbonyl (C=S) groups is 1. The van der Waals surface area contributed by atoms with Gasteiger partial charge in [0, 0.05) is 16.8 Å². The van der Waals surface area contributed by atoms with Gasteiger partial charge in [-0.05, 0) is 36.8 Å². The Morgan fingerprint density at radius 3 is 2.33 bits per heavy atom. The third-order valence-electron chi connectivity index (χ3n) is 2.96. The SMILES string of the molecule is C[C@H](NC(=S)C(=O)Nc1ccc(Cl)cc1)c1ccccc1. The first kappa shape index (κ1) is 15.5. The van der Waals surface area contributed by atoms with Gasteiger partial charge in [-0.15, -0.1) is 0 Å². The Balaban J connectivity index is 1.93. The molecule has 0 unspecified atom stereocenters. The molecule has 1 amide bonds. The summed E-state index contributed by atoms with van der Waals surface area (Å²) in [6.45, 7) is 1.96. The molecule has 0 bridgehead atoms. The van der Waals surface area contributed by atoms with E-state index in [9.17, 15) is 4.79 Å². The molecule has 21 heavy (non-hydrogen) atoms. The number of benzene rings is 2. The number of rotatable bonds is 3. The van der Waals surface area contributed by atoms with Crippen LogP contribution in [0.25, 0.3) is 0 Å². The maximum absolute atomic E-state index is 12.0. The van der Waals surface area contributed by atoms with E-state index in [0.717, 1.165) is 5.56 Å². The zero-order valence-electron chi connectivity index (χ0n) is 11.5. The number of carbonyl (C=O) groups excluding carboxylic acids is 1. The van der Waals surface area contributed by atoms with E-state index >= 15 is 0 Å². The van der Waals surface area contributed by atoms with E-state index in [1.807, 2.05) is 37.3 Å². The lowest BCUT2D eigenvalue weighted by atomic mass is 10.1. The van der Waals surface area contributed by atoms with Crippen molar-refractivity contribution >= 4 is 40.4 Å². The molecule has 5 heteroatoms. The number of amides is 1. The summed E-state index contributed by atoms with van der Waals surface area (Å²) in [6.07, 6.45) is 0. The van der Waals surface area contributed by atoms with Gasteiger partial charge >= 0.3 is 0 Å². The monoisotopic (exact) mass is 318 g/mol. The second-order valence-electron chi connectivity index (χ2n) is 4.57. The van der Waals surface area contributed by atoms with Crippen LogP contribution in [0.1, 0.15) is 18.5 Å². The maximum atomic E-state index is 12.0. The molecule has 0 aliphatic heterocycles. The number of nitrogens with one attached hydrogen (secondary N) is 2. The van der Waals surface area contributed by atoms with Gasteiger partial charge in [0.2, 0.25) is 0 Å². The molecule has 0 aromatic heterocycles. The maximum Gasteiger partial charge on any atom is 0.283 e. The van der Waals surface area contributed by atoms with Crippen LogP contribution in [0.5, 0.6) is 0 Å². The minimum atomic E-state index is -0.338. The van der Waals surface area contributed by atoms with Crippen molar-refractivity contribution in [2.75, 3.05) is 5.32 Å². The summed E-state index contributed by atoms with van der Waals surface area (Å²) in [4.78, 5) is 12.2. The van der Waals surface area contributed by atoms with Crippen molar-refractivity contribution in [3.8, 4) is 0 Å². The number of halogens is 1. The van der Waals surface area contributed by atoms with Crippen LogP contribution >= 0.6 is 23.8 Å². The summed E-state index contributed by atoms with van der Waals surface area (Å²) in [6, 6.07) is 16.6. The molecular formula is C16H15ClN2OS. The molecule has 0 radical (unpaired) electrons. The summed E-state index contributed by atoms with van der Waals surface area (Å²) in [7, 11) is 0. The van der Waals surface area contributed by atoms with Gasteiger partial charge in [0.05, 0.1) is 0 Å². The van der Waals surface area contributed by atoms with Crippen LogP contribution in [0.15, 0.2) is 54.6 Å². The minimum Gasteiger partial charge on any atom is -0.365 e. The van der Waals surface area contributed by atoms with E-state index in [1.54, 1.807) is 24.3 Å². The van der Waals surface area contributed by atoms with Crippen molar-refractivity contribution in [2.45, 2.75) is 13.0 Å². The van der Waals surface area contributed by atoms with Crippen LogP contribution in [0.4, 0.5) is 5.69 Å². The van der Waals surface area contributed by atoms with Crippen LogP contribution in [-0.4, -0.2) is 10.9 Å². The number of anilines is 1. The molecule has 2 aromatic carbocycles. The molecule has 0 aliphatic carbocycles. The summed E-state index contributed by atoms with van der Waals surface area (Å²) in [5.41, 5.74) is 1.72. The van der Waals surface area contributed by atoms with E-state index in [-0.39, 0.29) is 16.9 Å². The second-order valence-corrected chi connectivity index (χ2v) is 5.41. The quantitative estimate of drug-likeness (QED) is 0.842. The van der Waals surface area contributed by atoms with Crippen LogP contribution < -0.4 is 10.6 Å². The molecule has 108 valence electrons. The van der Waals surface area contributed by atoms with Gasteiger partial charge in [-0.1, -0.05) is 54.2 Å². The Morgan fingerprint density at radius 1 is 1.10 bits per heavy atom. The number of hydrogen-bond donors (Lipinski definition) is 2. The molecule has 0 saturated heterocycles. The van der Waals surface area contributed by atoms with Crippen molar-refractivity contribution in [1.29, 1.82) is 0 Å². The summed E-state index contributed by atoms with van der Waals surface area (Å²) in [5.74, 6) is -0.338. The number of carbonyl (C=O) groups is 1. The van der Waals surface area contributed by atoms with E-state index in [4.69, 9.17) is 23.8 Å². The van der Waals surface area contributed by atoms with Crippen LogP contribution in [-0.2, 0) is 4.79 Å². The van der Waals surface area contributed by atoms with Gasteiger partial charge in [0.1, 0.15) is 0 Å². The Bertz CT molecular complexity index is 628. The highest BCUT2D eigenvalue weighted by atomic mass is 35.5. The van der Waals surface area contributed by atoms with E-state index in [1.165, 1.54) is 0 Å². The van der Waals surface area contributed by atoms with E-state index in [0.29, 0.717) is 10.7 Å². The highest BCUT2D eigenvalue weighted by Crippen LogP contribution is 2.14. The van der Waals surface area contributed by atoms with Crippen molar-refractivity contribution in [3.05, 3.63) is 65.2 Å². The van der Waals surface area contributed by atoms with Gasteiger partial charge in [-0.3, -0.25) is 4.79 Å². The van der Waals surface area contributed by atoms with Gasteiger partial charge < -0.3 is 10.6 Å². The average Bonchev–Trinajstić information content (AvgIpc) is 2.50. The van der Waals surface area contributed by atoms with Gasteiger partial charge in [-0.25, -0.2) is 0 Å². The van der Waals surface area contributed by atoms with Gasteiger partial charge in [0.15, 0.2) is 4.99 Å². The Morgan fingerprint density at radius 2 is 1.71 bits per heavy atom. The second kappa shape index (κ2) is 7.20. The summed E-state index contributed by atoms with van der Waals surface area (Å²) >= 11 is 10.9. The largest absolute Gasteiger partial charge is 0.365 e. The fourth-order valence-electron chi connectivity index (χ4n) is 1.81. The van der Waals surface area contributed by atoms with E-state index in [2.05, 4.69) is 10.6 Å². The minimum absolute atomic E-state index is 0.0327. The molecule has 2 aromatic rings. The predicted molar refractivity (Wildman–Crippen MR) is 90.7 cm³/mol. The zero-order chi connectivity index (χ0) is 15.2. The fraction of sp³-hybridized carbons (Fsp3) is 0.125.